The van der Waals surface area contributed by atoms with Gasteiger partial charge in [0.2, 0.25) is 0 Å². The summed E-state index contributed by atoms with van der Waals surface area (Å²) < 4.78 is 8.49. The summed E-state index contributed by atoms with van der Waals surface area (Å²) in [6.45, 7) is 7.03. The Morgan fingerprint density at radius 2 is 1.95 bits per heavy atom. The predicted octanol–water partition coefficient (Wildman–Crippen LogP) is 3.92. The van der Waals surface area contributed by atoms with Crippen molar-refractivity contribution < 1.29 is 0 Å². The van der Waals surface area contributed by atoms with Crippen LogP contribution in [0.3, 0.4) is 0 Å². The Bertz CT molecular complexity index is 783. The lowest BCUT2D eigenvalue weighted by Crippen LogP contribution is -2.07. The molecule has 114 valence electrons. The van der Waals surface area contributed by atoms with Gasteiger partial charge in [-0.05, 0) is 31.0 Å². The van der Waals surface area contributed by atoms with E-state index in [0.29, 0.717) is 12.5 Å². The van der Waals surface area contributed by atoms with Crippen LogP contribution in [0.15, 0.2) is 24.3 Å². The van der Waals surface area contributed by atoms with E-state index >= 15 is 0 Å². The van der Waals surface area contributed by atoms with Gasteiger partial charge in [-0.3, -0.25) is 0 Å². The molecule has 0 aliphatic heterocycles. The Labute approximate surface area is 134 Å². The fourth-order valence-electron chi connectivity index (χ4n) is 2.22. The first-order valence-electron chi connectivity index (χ1n) is 7.46. The molecule has 1 unspecified atom stereocenters. The lowest BCUT2D eigenvalue weighted by atomic mass is 10.1. The van der Waals surface area contributed by atoms with Crippen LogP contribution >= 0.6 is 11.7 Å². The number of nitrogens with zero attached hydrogens (tertiary/aromatic N) is 4. The number of aromatic nitrogens is 4. The maximum atomic E-state index is 4.62. The van der Waals surface area contributed by atoms with E-state index in [2.05, 4.69) is 50.0 Å². The van der Waals surface area contributed by atoms with Gasteiger partial charge in [0.05, 0.1) is 11.7 Å². The van der Waals surface area contributed by atoms with E-state index in [0.717, 1.165) is 34.8 Å². The molecule has 2 heterocycles. The van der Waals surface area contributed by atoms with Crippen molar-refractivity contribution in [3.05, 3.63) is 41.3 Å². The normalized spacial score (nSPS) is 12.5. The summed E-state index contributed by atoms with van der Waals surface area (Å²) in [5.41, 5.74) is 4.06. The number of nitrogens with one attached hydrogen (secondary N) is 1. The summed E-state index contributed by atoms with van der Waals surface area (Å²) >= 11 is 1.24. The van der Waals surface area contributed by atoms with Crippen molar-refractivity contribution in [2.45, 2.75) is 39.7 Å². The summed E-state index contributed by atoms with van der Waals surface area (Å²) in [5.74, 6) is 2.15. The first-order chi connectivity index (χ1) is 10.7. The van der Waals surface area contributed by atoms with Crippen LogP contribution in [0.2, 0.25) is 0 Å². The van der Waals surface area contributed by atoms with Gasteiger partial charge in [-0.1, -0.05) is 19.9 Å². The van der Waals surface area contributed by atoms with E-state index in [1.165, 1.54) is 17.3 Å². The first kappa shape index (κ1) is 14.8. The Hall–Kier alpha value is -2.08. The third-order valence-electron chi connectivity index (χ3n) is 3.72. The van der Waals surface area contributed by atoms with Gasteiger partial charge in [0.15, 0.2) is 0 Å². The molecule has 2 aromatic heterocycles. The van der Waals surface area contributed by atoms with Gasteiger partial charge in [0, 0.05) is 24.2 Å². The summed E-state index contributed by atoms with van der Waals surface area (Å²) in [4.78, 5) is 9.15. The van der Waals surface area contributed by atoms with Gasteiger partial charge in [0.25, 0.3) is 0 Å². The molecular formula is C16H19N5S. The van der Waals surface area contributed by atoms with Crippen LogP contribution < -0.4 is 5.32 Å². The SMILES string of the molecule is CCC(C)c1nc(C)cc(NCc2ccc3nsnc3c2)n1. The highest BCUT2D eigenvalue weighted by Gasteiger charge is 2.09. The molecule has 0 aliphatic carbocycles. The molecule has 1 aromatic carbocycles. The highest BCUT2D eigenvalue weighted by Crippen LogP contribution is 2.18. The van der Waals surface area contributed by atoms with Gasteiger partial charge in [-0.25, -0.2) is 9.97 Å². The van der Waals surface area contributed by atoms with Gasteiger partial charge in [-0.2, -0.15) is 8.75 Å². The van der Waals surface area contributed by atoms with Crippen LogP contribution in [0, 0.1) is 6.92 Å². The van der Waals surface area contributed by atoms with Crippen LogP contribution in [0.4, 0.5) is 5.82 Å². The van der Waals surface area contributed by atoms with Crippen LogP contribution in [-0.4, -0.2) is 18.7 Å². The van der Waals surface area contributed by atoms with Crippen LogP contribution in [0.1, 0.15) is 43.3 Å². The van der Waals surface area contributed by atoms with Crippen LogP contribution in [-0.2, 0) is 6.54 Å². The number of hydrogen-bond acceptors (Lipinski definition) is 6. The second-order valence-corrected chi connectivity index (χ2v) is 6.03. The van der Waals surface area contributed by atoms with Gasteiger partial charge in [-0.15, -0.1) is 0 Å². The van der Waals surface area contributed by atoms with Gasteiger partial charge >= 0.3 is 0 Å². The lowest BCUT2D eigenvalue weighted by Gasteiger charge is -2.12. The fraction of sp³-hybridized carbons (Fsp3) is 0.375. The zero-order valence-corrected chi connectivity index (χ0v) is 13.8. The third kappa shape index (κ3) is 3.22. The van der Waals surface area contributed by atoms with Crippen molar-refractivity contribution >= 4 is 28.6 Å². The second kappa shape index (κ2) is 6.36. The number of rotatable bonds is 5. The van der Waals surface area contributed by atoms with E-state index < -0.39 is 0 Å². The van der Waals surface area contributed by atoms with E-state index in [4.69, 9.17) is 0 Å². The molecule has 1 N–H and O–H groups in total. The maximum absolute atomic E-state index is 4.62. The monoisotopic (exact) mass is 313 g/mol. The van der Waals surface area contributed by atoms with Crippen molar-refractivity contribution in [3.8, 4) is 0 Å². The summed E-state index contributed by atoms with van der Waals surface area (Å²) in [5, 5.41) is 3.38. The highest BCUT2D eigenvalue weighted by molar-refractivity contribution is 7.00. The number of anilines is 1. The number of hydrogen-bond donors (Lipinski definition) is 1. The molecule has 0 saturated carbocycles. The number of aryl methyl sites for hydroxylation is 1. The van der Waals surface area contributed by atoms with Crippen molar-refractivity contribution in [1.82, 2.24) is 18.7 Å². The van der Waals surface area contributed by atoms with Crippen molar-refractivity contribution in [3.63, 3.8) is 0 Å². The Morgan fingerprint density at radius 3 is 2.77 bits per heavy atom. The van der Waals surface area contributed by atoms with E-state index in [1.807, 2.05) is 19.1 Å². The third-order valence-corrected chi connectivity index (χ3v) is 4.27. The zero-order valence-electron chi connectivity index (χ0n) is 13.0. The van der Waals surface area contributed by atoms with E-state index in [9.17, 15) is 0 Å². The molecule has 3 rings (SSSR count). The van der Waals surface area contributed by atoms with Gasteiger partial charge < -0.3 is 5.32 Å². The number of fused-ring (bicyclic) bond motifs is 1. The average Bonchev–Trinajstić information content (AvgIpc) is 2.99. The molecule has 3 aromatic rings. The molecule has 0 saturated heterocycles. The lowest BCUT2D eigenvalue weighted by molar-refractivity contribution is 0.675. The molecule has 0 fully saturated rings. The van der Waals surface area contributed by atoms with E-state index in [-0.39, 0.29) is 0 Å². The molecule has 5 nitrogen and oxygen atoms in total. The smallest absolute Gasteiger partial charge is 0.133 e. The quantitative estimate of drug-likeness (QED) is 0.773. The minimum atomic E-state index is 0.373. The standard InChI is InChI=1S/C16H19N5S/c1-4-10(2)16-18-11(3)7-15(19-16)17-9-12-5-6-13-14(8-12)21-22-20-13/h5-8,10H,4,9H2,1-3H3,(H,17,18,19). The van der Waals surface area contributed by atoms with Crippen LogP contribution in [0.25, 0.3) is 11.0 Å². The molecule has 0 aliphatic rings. The van der Waals surface area contributed by atoms with Crippen LogP contribution in [0.5, 0.6) is 0 Å². The minimum absolute atomic E-state index is 0.373. The average molecular weight is 313 g/mol. The molecule has 0 spiro atoms. The Balaban J connectivity index is 1.76. The predicted molar refractivity (Wildman–Crippen MR) is 90.2 cm³/mol. The minimum Gasteiger partial charge on any atom is -0.366 e. The first-order valence-corrected chi connectivity index (χ1v) is 8.19. The summed E-state index contributed by atoms with van der Waals surface area (Å²) in [6.07, 6.45) is 1.04. The molecular weight excluding hydrogens is 294 g/mol. The van der Waals surface area contributed by atoms with Crippen molar-refractivity contribution in [2.24, 2.45) is 0 Å². The summed E-state index contributed by atoms with van der Waals surface area (Å²) in [7, 11) is 0. The second-order valence-electron chi connectivity index (χ2n) is 5.50. The fourth-order valence-corrected chi connectivity index (χ4v) is 2.73. The molecule has 0 radical (unpaired) electrons. The maximum Gasteiger partial charge on any atom is 0.133 e. The molecule has 0 amide bonds. The Kier molecular flexibility index (Phi) is 4.29. The summed E-state index contributed by atoms with van der Waals surface area (Å²) in [6, 6.07) is 8.12. The Morgan fingerprint density at radius 1 is 1.14 bits per heavy atom. The number of benzene rings is 1. The molecule has 0 bridgehead atoms. The van der Waals surface area contributed by atoms with Gasteiger partial charge in [0.1, 0.15) is 22.7 Å². The molecule has 22 heavy (non-hydrogen) atoms. The molecule has 6 heteroatoms. The highest BCUT2D eigenvalue weighted by atomic mass is 32.1. The largest absolute Gasteiger partial charge is 0.366 e. The molecule has 1 atom stereocenters. The van der Waals surface area contributed by atoms with Crippen molar-refractivity contribution in [1.29, 1.82) is 0 Å². The topological polar surface area (TPSA) is 63.6 Å². The van der Waals surface area contributed by atoms with E-state index in [1.54, 1.807) is 0 Å². The van der Waals surface area contributed by atoms with Crippen molar-refractivity contribution in [2.75, 3.05) is 5.32 Å². The zero-order chi connectivity index (χ0) is 15.5.